The van der Waals surface area contributed by atoms with Crippen molar-refractivity contribution in [3.8, 4) is 17.3 Å². The van der Waals surface area contributed by atoms with Gasteiger partial charge in [0.2, 0.25) is 5.88 Å². The van der Waals surface area contributed by atoms with Crippen LogP contribution < -0.4 is 10.5 Å². The molecule has 1 aromatic rings. The zero-order valence-electron chi connectivity index (χ0n) is 10.2. The maximum Gasteiger partial charge on any atom is 0.233 e. The molecule has 0 radical (unpaired) electrons. The summed E-state index contributed by atoms with van der Waals surface area (Å²) in [6, 6.07) is 0. The van der Waals surface area contributed by atoms with Gasteiger partial charge in [0.25, 0.3) is 0 Å². The predicted molar refractivity (Wildman–Crippen MR) is 74.5 cm³/mol. The first kappa shape index (κ1) is 13.6. The van der Waals surface area contributed by atoms with Crippen molar-refractivity contribution in [2.45, 2.75) is 19.6 Å². The van der Waals surface area contributed by atoms with E-state index in [1.807, 2.05) is 0 Å². The number of ether oxygens (including phenoxy) is 1. The van der Waals surface area contributed by atoms with E-state index in [0.717, 1.165) is 0 Å². The molecule has 4 nitrogen and oxygen atoms in total. The smallest absolute Gasteiger partial charge is 0.233 e. The largest absolute Gasteiger partial charge is 0.463 e. The highest BCUT2D eigenvalue weighted by Crippen LogP contribution is 2.04. The highest BCUT2D eigenvalue weighted by atomic mass is 32.1. The second kappa shape index (κ2) is 5.75. The van der Waals surface area contributed by atoms with E-state index in [4.69, 9.17) is 22.7 Å². The van der Waals surface area contributed by atoms with Gasteiger partial charge in [0, 0.05) is 0 Å². The van der Waals surface area contributed by atoms with Crippen LogP contribution in [0.4, 0.5) is 0 Å². The Morgan fingerprint density at radius 3 is 2.76 bits per heavy atom. The van der Waals surface area contributed by atoms with E-state index in [9.17, 15) is 0 Å². The Morgan fingerprint density at radius 2 is 2.18 bits per heavy atom. The van der Waals surface area contributed by atoms with Gasteiger partial charge in [0.05, 0.1) is 12.4 Å². The molecule has 2 N–H and O–H groups in total. The first-order valence-corrected chi connectivity index (χ1v) is 9.04. The van der Waals surface area contributed by atoms with Crippen LogP contribution in [-0.4, -0.2) is 29.6 Å². The molecular weight excluding hydrogens is 250 g/mol. The summed E-state index contributed by atoms with van der Waals surface area (Å²) in [5.74, 6) is 3.37. The monoisotopic (exact) mass is 265 g/mol. The van der Waals surface area contributed by atoms with Gasteiger partial charge in [-0.3, -0.25) is 4.98 Å². The minimum Gasteiger partial charge on any atom is -0.463 e. The summed E-state index contributed by atoms with van der Waals surface area (Å²) in [6.07, 6.45) is 3.01. The zero-order chi connectivity index (χ0) is 12.9. The molecule has 0 aliphatic rings. The first-order valence-electron chi connectivity index (χ1n) is 5.13. The molecular formula is C11H15N3OSSi. The summed E-state index contributed by atoms with van der Waals surface area (Å²) in [6.45, 7) is 6.83. The molecule has 0 spiro atoms. The summed E-state index contributed by atoms with van der Waals surface area (Å²) in [7, 11) is -1.34. The summed E-state index contributed by atoms with van der Waals surface area (Å²) >= 11 is 4.80. The van der Waals surface area contributed by atoms with Gasteiger partial charge in [-0.1, -0.05) is 37.8 Å². The number of rotatable bonds is 3. The van der Waals surface area contributed by atoms with Crippen molar-refractivity contribution in [3.63, 3.8) is 0 Å². The van der Waals surface area contributed by atoms with Gasteiger partial charge in [-0.05, 0) is 0 Å². The summed E-state index contributed by atoms with van der Waals surface area (Å²) < 4.78 is 5.35. The number of aromatic nitrogens is 2. The summed E-state index contributed by atoms with van der Waals surface area (Å²) in [5.41, 5.74) is 9.09. The topological polar surface area (TPSA) is 61.0 Å². The lowest BCUT2D eigenvalue weighted by Gasteiger charge is -2.04. The average molecular weight is 265 g/mol. The Labute approximate surface area is 108 Å². The van der Waals surface area contributed by atoms with E-state index in [1.165, 1.54) is 12.4 Å². The average Bonchev–Trinajstić information content (AvgIpc) is 2.23. The molecule has 0 saturated heterocycles. The quantitative estimate of drug-likeness (QED) is 0.508. The molecule has 0 aromatic carbocycles. The van der Waals surface area contributed by atoms with Gasteiger partial charge >= 0.3 is 0 Å². The van der Waals surface area contributed by atoms with E-state index in [2.05, 4.69) is 41.1 Å². The lowest BCUT2D eigenvalue weighted by atomic mass is 10.4. The van der Waals surface area contributed by atoms with Crippen LogP contribution in [0.2, 0.25) is 19.6 Å². The van der Waals surface area contributed by atoms with Gasteiger partial charge < -0.3 is 10.5 Å². The number of nitrogens with zero attached hydrogens (tertiary/aromatic N) is 2. The minimum atomic E-state index is -1.34. The molecule has 1 heterocycles. The Morgan fingerprint density at radius 1 is 1.47 bits per heavy atom. The van der Waals surface area contributed by atoms with Gasteiger partial charge in [-0.25, -0.2) is 4.98 Å². The van der Waals surface area contributed by atoms with Crippen molar-refractivity contribution in [2.75, 3.05) is 6.61 Å². The van der Waals surface area contributed by atoms with Crippen molar-refractivity contribution in [1.82, 2.24) is 9.97 Å². The molecule has 0 aliphatic carbocycles. The van der Waals surface area contributed by atoms with Crippen LogP contribution in [0.5, 0.6) is 5.88 Å². The molecule has 1 rings (SSSR count). The van der Waals surface area contributed by atoms with E-state index >= 15 is 0 Å². The van der Waals surface area contributed by atoms with Gasteiger partial charge in [-0.2, -0.15) is 0 Å². The molecule has 1 aromatic heterocycles. The molecule has 0 fully saturated rings. The predicted octanol–water partition coefficient (Wildman–Crippen LogP) is 1.37. The van der Waals surface area contributed by atoms with Crippen molar-refractivity contribution in [2.24, 2.45) is 5.73 Å². The molecule has 0 unspecified atom stereocenters. The molecule has 0 aliphatic heterocycles. The fourth-order valence-electron chi connectivity index (χ4n) is 0.948. The number of nitrogens with two attached hydrogens (primary N) is 1. The SMILES string of the molecule is C[Si](C)(C)C#CCOc1cncc(C(N)=S)n1. The summed E-state index contributed by atoms with van der Waals surface area (Å²) in [5, 5.41) is 0. The van der Waals surface area contributed by atoms with Crippen LogP contribution in [0.1, 0.15) is 5.69 Å². The van der Waals surface area contributed by atoms with Crippen LogP contribution in [0.15, 0.2) is 12.4 Å². The van der Waals surface area contributed by atoms with Gasteiger partial charge in [0.15, 0.2) is 0 Å². The Kier molecular flexibility index (Phi) is 4.60. The fourth-order valence-corrected chi connectivity index (χ4v) is 1.65. The maximum absolute atomic E-state index is 5.45. The second-order valence-electron chi connectivity index (χ2n) is 4.45. The van der Waals surface area contributed by atoms with Crippen molar-refractivity contribution < 1.29 is 4.74 Å². The van der Waals surface area contributed by atoms with Crippen LogP contribution in [-0.2, 0) is 0 Å². The van der Waals surface area contributed by atoms with Crippen LogP contribution in [0.3, 0.4) is 0 Å². The number of hydrogen-bond donors (Lipinski definition) is 1. The Bertz CT molecular complexity index is 474. The first-order chi connectivity index (χ1) is 7.88. The van der Waals surface area contributed by atoms with E-state index in [0.29, 0.717) is 18.2 Å². The number of thiocarbonyl (C=S) groups is 1. The second-order valence-corrected chi connectivity index (χ2v) is 9.64. The highest BCUT2D eigenvalue weighted by Gasteiger charge is 2.07. The molecule has 0 bridgehead atoms. The highest BCUT2D eigenvalue weighted by molar-refractivity contribution is 7.80. The molecule has 0 saturated carbocycles. The van der Waals surface area contributed by atoms with Crippen molar-refractivity contribution in [1.29, 1.82) is 0 Å². The van der Waals surface area contributed by atoms with Gasteiger partial charge in [-0.15, -0.1) is 5.54 Å². The molecule has 0 amide bonds. The third kappa shape index (κ3) is 5.42. The van der Waals surface area contributed by atoms with Crippen molar-refractivity contribution in [3.05, 3.63) is 18.1 Å². The Balaban J connectivity index is 2.60. The molecule has 0 atom stereocenters. The lowest BCUT2D eigenvalue weighted by molar-refractivity contribution is 0.353. The zero-order valence-corrected chi connectivity index (χ0v) is 12.0. The Hall–Kier alpha value is -1.45. The number of hydrogen-bond acceptors (Lipinski definition) is 4. The van der Waals surface area contributed by atoms with E-state index < -0.39 is 8.07 Å². The third-order valence-electron chi connectivity index (χ3n) is 1.62. The van der Waals surface area contributed by atoms with Crippen LogP contribution in [0, 0.1) is 11.5 Å². The van der Waals surface area contributed by atoms with Crippen LogP contribution in [0.25, 0.3) is 0 Å². The van der Waals surface area contributed by atoms with E-state index in [1.54, 1.807) is 0 Å². The lowest BCUT2D eigenvalue weighted by Crippen LogP contribution is -2.17. The fraction of sp³-hybridized carbons (Fsp3) is 0.364. The standard InChI is InChI=1S/C11H15N3OSSi/c1-17(2,3)6-4-5-15-10-8-13-7-9(14-10)11(12)16/h7-8H,5H2,1-3H3,(H2,12,16). The third-order valence-corrected chi connectivity index (χ3v) is 2.76. The van der Waals surface area contributed by atoms with Crippen molar-refractivity contribution >= 4 is 25.3 Å². The normalized spacial score (nSPS) is 10.3. The minimum absolute atomic E-state index is 0.205. The van der Waals surface area contributed by atoms with Gasteiger partial charge in [0.1, 0.15) is 25.4 Å². The van der Waals surface area contributed by atoms with E-state index in [-0.39, 0.29) is 4.99 Å². The molecule has 90 valence electrons. The summed E-state index contributed by atoms with van der Waals surface area (Å²) in [4.78, 5) is 8.24. The van der Waals surface area contributed by atoms with Crippen LogP contribution >= 0.6 is 12.2 Å². The molecule has 17 heavy (non-hydrogen) atoms. The maximum atomic E-state index is 5.45. The molecule has 6 heteroatoms.